The summed E-state index contributed by atoms with van der Waals surface area (Å²) in [4.78, 5) is 30.4. The Labute approximate surface area is 232 Å². The summed E-state index contributed by atoms with van der Waals surface area (Å²) in [6.45, 7) is 1.95. The van der Waals surface area contributed by atoms with Crippen LogP contribution < -0.4 is 15.4 Å². The van der Waals surface area contributed by atoms with E-state index in [4.69, 9.17) is 11.6 Å². The van der Waals surface area contributed by atoms with Gasteiger partial charge in [-0.1, -0.05) is 17.7 Å². The second-order valence-electron chi connectivity index (χ2n) is 8.38. The van der Waals surface area contributed by atoms with E-state index in [1.54, 1.807) is 55.0 Å². The van der Waals surface area contributed by atoms with Gasteiger partial charge in [-0.2, -0.15) is 0 Å². The van der Waals surface area contributed by atoms with Crippen LogP contribution in [0.5, 0.6) is 0 Å². The molecule has 0 saturated carbocycles. The van der Waals surface area contributed by atoms with E-state index in [0.717, 1.165) is 22.5 Å². The number of carbonyl (C=O) groups is 1. The van der Waals surface area contributed by atoms with Crippen molar-refractivity contribution in [2.24, 2.45) is 0 Å². The summed E-state index contributed by atoms with van der Waals surface area (Å²) in [7, 11) is -1.52. The van der Waals surface area contributed by atoms with E-state index in [2.05, 4.69) is 35.3 Å². The van der Waals surface area contributed by atoms with Crippen LogP contribution in [-0.4, -0.2) is 30.1 Å². The quantitative estimate of drug-likeness (QED) is 0.200. The average Bonchev–Trinajstić information content (AvgIpc) is 2.96. The molecule has 194 valence electrons. The molecule has 0 aliphatic heterocycles. The molecule has 1 atom stereocenters. The van der Waals surface area contributed by atoms with E-state index in [1.165, 1.54) is 6.20 Å². The number of hydrogen-bond acceptors (Lipinski definition) is 7. The predicted octanol–water partition coefficient (Wildman–Crippen LogP) is 6.03. The van der Waals surface area contributed by atoms with Crippen LogP contribution in [0.15, 0.2) is 102 Å². The van der Waals surface area contributed by atoms with Crippen molar-refractivity contribution >= 4 is 51.5 Å². The highest BCUT2D eigenvalue weighted by atomic mass is 35.5. The number of carbonyl (C=O) groups excluding carboxylic acids is 1. The fraction of sp³-hybridized carbons (Fsp3) is 0.0357. The third kappa shape index (κ3) is 6.61. The van der Waals surface area contributed by atoms with Gasteiger partial charge in [-0.25, -0.2) is 19.2 Å². The second-order valence-corrected chi connectivity index (χ2v) is 9.98. The van der Waals surface area contributed by atoms with Crippen LogP contribution in [0.3, 0.4) is 0 Å². The number of aryl methyl sites for hydroxylation is 1. The molecule has 1 amide bonds. The summed E-state index contributed by atoms with van der Waals surface area (Å²) < 4.78 is 15.4. The minimum absolute atomic E-state index is 0.283. The molecule has 9 nitrogen and oxygen atoms in total. The predicted molar refractivity (Wildman–Crippen MR) is 153 cm³/mol. The van der Waals surface area contributed by atoms with Crippen molar-refractivity contribution in [2.45, 2.75) is 11.8 Å². The van der Waals surface area contributed by atoms with Crippen LogP contribution >= 0.6 is 11.6 Å². The van der Waals surface area contributed by atoms with Gasteiger partial charge in [0.2, 0.25) is 5.95 Å². The fourth-order valence-corrected chi connectivity index (χ4v) is 4.50. The Kier molecular flexibility index (Phi) is 7.86. The van der Waals surface area contributed by atoms with E-state index >= 15 is 0 Å². The zero-order valence-electron chi connectivity index (χ0n) is 20.6. The van der Waals surface area contributed by atoms with E-state index < -0.39 is 11.0 Å². The monoisotopic (exact) mass is 555 g/mol. The molecule has 0 radical (unpaired) electrons. The van der Waals surface area contributed by atoms with Crippen molar-refractivity contribution in [3.63, 3.8) is 0 Å². The molecule has 0 bridgehead atoms. The van der Waals surface area contributed by atoms with Crippen molar-refractivity contribution in [3.8, 4) is 11.3 Å². The Morgan fingerprint density at radius 2 is 1.72 bits per heavy atom. The SMILES string of the molecule is Cc1ccc(NC(=O)c2ccc(NS(=O)c3ccc(Cl)nc3)cc2)cc1Nc1nccc(-c2cccnc2)n1. The van der Waals surface area contributed by atoms with Gasteiger partial charge >= 0.3 is 0 Å². The van der Waals surface area contributed by atoms with E-state index in [-0.39, 0.29) is 5.91 Å². The first-order chi connectivity index (χ1) is 18.9. The Bertz CT molecular complexity index is 1630. The van der Waals surface area contributed by atoms with Gasteiger partial charge in [-0.15, -0.1) is 0 Å². The first-order valence-electron chi connectivity index (χ1n) is 11.8. The maximum atomic E-state index is 12.9. The van der Waals surface area contributed by atoms with Gasteiger partial charge < -0.3 is 15.4 Å². The first kappa shape index (κ1) is 26.0. The molecular formula is C28H22ClN7O2S. The number of amides is 1. The number of nitrogens with zero attached hydrogens (tertiary/aromatic N) is 4. The molecule has 5 rings (SSSR count). The van der Waals surface area contributed by atoms with Crippen LogP contribution in [0, 0.1) is 6.92 Å². The number of hydrogen-bond donors (Lipinski definition) is 3. The molecule has 0 saturated heterocycles. The molecule has 1 unspecified atom stereocenters. The largest absolute Gasteiger partial charge is 0.324 e. The molecule has 11 heteroatoms. The van der Waals surface area contributed by atoms with Crippen molar-refractivity contribution in [1.29, 1.82) is 0 Å². The van der Waals surface area contributed by atoms with Gasteiger partial charge in [-0.3, -0.25) is 9.78 Å². The fourth-order valence-electron chi connectivity index (χ4n) is 3.58. The van der Waals surface area contributed by atoms with Crippen molar-refractivity contribution < 1.29 is 9.00 Å². The lowest BCUT2D eigenvalue weighted by molar-refractivity contribution is 0.102. The Hall–Kier alpha value is -4.67. The maximum Gasteiger partial charge on any atom is 0.255 e. The van der Waals surface area contributed by atoms with E-state index in [0.29, 0.717) is 32.9 Å². The summed E-state index contributed by atoms with van der Waals surface area (Å²) in [5, 5.41) is 6.47. The lowest BCUT2D eigenvalue weighted by Gasteiger charge is -2.12. The highest BCUT2D eigenvalue weighted by molar-refractivity contribution is 7.86. The summed E-state index contributed by atoms with van der Waals surface area (Å²) >= 11 is 5.78. The number of nitrogens with one attached hydrogen (secondary N) is 3. The molecule has 3 aromatic heterocycles. The molecule has 3 N–H and O–H groups in total. The van der Waals surface area contributed by atoms with Crippen molar-refractivity contribution in [1.82, 2.24) is 19.9 Å². The van der Waals surface area contributed by atoms with Gasteiger partial charge in [0.15, 0.2) is 11.0 Å². The normalized spacial score (nSPS) is 11.4. The summed E-state index contributed by atoms with van der Waals surface area (Å²) in [6, 6.07) is 21.0. The summed E-state index contributed by atoms with van der Waals surface area (Å²) in [5.74, 6) is 0.145. The molecule has 0 aliphatic carbocycles. The summed E-state index contributed by atoms with van der Waals surface area (Å²) in [5.41, 5.74) is 4.99. The van der Waals surface area contributed by atoms with Gasteiger partial charge in [0.1, 0.15) is 5.15 Å². The topological polar surface area (TPSA) is 122 Å². The molecule has 3 heterocycles. The Morgan fingerprint density at radius 1 is 0.897 bits per heavy atom. The number of anilines is 4. The van der Waals surface area contributed by atoms with Crippen molar-refractivity contribution in [3.05, 3.63) is 114 Å². The van der Waals surface area contributed by atoms with Crippen LogP contribution in [0.1, 0.15) is 15.9 Å². The highest BCUT2D eigenvalue weighted by Gasteiger charge is 2.11. The molecular weight excluding hydrogens is 534 g/mol. The standard InChI is InChI=1S/C28H22ClN7O2S/c1-18-4-7-22(15-25(18)35-28-31-14-12-24(34-28)20-3-2-13-30-16-20)33-27(37)19-5-8-21(9-6-19)36-39(38)23-10-11-26(29)32-17-23/h2-17,36H,1H3,(H,33,37)(H,31,34,35). The zero-order valence-corrected chi connectivity index (χ0v) is 22.2. The molecule has 0 spiro atoms. The Morgan fingerprint density at radius 3 is 2.46 bits per heavy atom. The maximum absolute atomic E-state index is 12.9. The van der Waals surface area contributed by atoms with Gasteiger partial charge in [0, 0.05) is 53.0 Å². The second kappa shape index (κ2) is 11.8. The van der Waals surface area contributed by atoms with Crippen LogP contribution in [0.2, 0.25) is 5.15 Å². The summed E-state index contributed by atoms with van der Waals surface area (Å²) in [6.07, 6.45) is 6.58. The third-order valence-electron chi connectivity index (χ3n) is 5.63. The lowest BCUT2D eigenvalue weighted by atomic mass is 10.1. The molecule has 39 heavy (non-hydrogen) atoms. The number of benzene rings is 2. The third-order valence-corrected chi connectivity index (χ3v) is 6.94. The van der Waals surface area contributed by atoms with Gasteiger partial charge in [0.25, 0.3) is 5.91 Å². The molecule has 5 aromatic rings. The number of rotatable bonds is 8. The van der Waals surface area contributed by atoms with Crippen molar-refractivity contribution in [2.75, 3.05) is 15.4 Å². The number of aromatic nitrogens is 4. The van der Waals surface area contributed by atoms with E-state index in [1.807, 2.05) is 43.3 Å². The average molecular weight is 556 g/mol. The van der Waals surface area contributed by atoms with Crippen LogP contribution in [0.4, 0.5) is 23.0 Å². The smallest absolute Gasteiger partial charge is 0.255 e. The lowest BCUT2D eigenvalue weighted by Crippen LogP contribution is -2.12. The number of halogens is 1. The Balaban J connectivity index is 1.25. The molecule has 0 fully saturated rings. The number of pyridine rings is 2. The van der Waals surface area contributed by atoms with Crippen LogP contribution in [0.25, 0.3) is 11.3 Å². The molecule has 2 aromatic carbocycles. The minimum Gasteiger partial charge on any atom is -0.324 e. The highest BCUT2D eigenvalue weighted by Crippen LogP contribution is 2.25. The zero-order chi connectivity index (χ0) is 27.2. The first-order valence-corrected chi connectivity index (χ1v) is 13.3. The minimum atomic E-state index is -1.52. The van der Waals surface area contributed by atoms with Gasteiger partial charge in [0.05, 0.1) is 10.6 Å². The van der Waals surface area contributed by atoms with Gasteiger partial charge in [-0.05, 0) is 79.2 Å². The molecule has 0 aliphatic rings. The van der Waals surface area contributed by atoms with E-state index in [9.17, 15) is 9.00 Å². The van der Waals surface area contributed by atoms with Crippen LogP contribution in [-0.2, 0) is 11.0 Å².